The van der Waals surface area contributed by atoms with E-state index in [0.29, 0.717) is 16.5 Å². The molecule has 68 valence electrons. The van der Waals surface area contributed by atoms with E-state index < -0.39 is 0 Å². The van der Waals surface area contributed by atoms with Gasteiger partial charge in [-0.3, -0.25) is 4.79 Å². The zero-order valence-corrected chi connectivity index (χ0v) is 8.36. The lowest BCUT2D eigenvalue weighted by molar-refractivity contribution is 0.885. The molecule has 0 aliphatic carbocycles. The molecule has 0 fully saturated rings. The molecular formula is C9H10N2OS. The number of aromatic nitrogens is 2. The fourth-order valence-electron chi connectivity index (χ4n) is 0.798. The first-order valence-electron chi connectivity index (χ1n) is 3.79. The van der Waals surface area contributed by atoms with E-state index in [4.69, 9.17) is 6.42 Å². The minimum absolute atomic E-state index is 0.0907. The fraction of sp³-hybridized carbons (Fsp3) is 0.333. The van der Waals surface area contributed by atoms with Crippen molar-refractivity contribution >= 4 is 11.8 Å². The van der Waals surface area contributed by atoms with Crippen molar-refractivity contribution in [2.45, 2.75) is 19.0 Å². The van der Waals surface area contributed by atoms with Crippen molar-refractivity contribution in [2.75, 3.05) is 5.75 Å². The quantitative estimate of drug-likeness (QED) is 0.436. The van der Waals surface area contributed by atoms with Crippen molar-refractivity contribution < 1.29 is 0 Å². The summed E-state index contributed by atoms with van der Waals surface area (Å²) in [4.78, 5) is 18.1. The van der Waals surface area contributed by atoms with Crippen LogP contribution in [0.4, 0.5) is 0 Å². The SMILES string of the molecule is C#CCSc1nc(C)c(C)c(=O)[nH]1. The average Bonchev–Trinajstić information content (AvgIpc) is 2.10. The number of nitrogens with zero attached hydrogens (tertiary/aromatic N) is 1. The summed E-state index contributed by atoms with van der Waals surface area (Å²) >= 11 is 1.35. The Morgan fingerprint density at radius 2 is 2.31 bits per heavy atom. The summed E-state index contributed by atoms with van der Waals surface area (Å²) in [6.45, 7) is 3.56. The van der Waals surface area contributed by atoms with E-state index in [0.717, 1.165) is 5.69 Å². The molecule has 13 heavy (non-hydrogen) atoms. The van der Waals surface area contributed by atoms with Crippen LogP contribution in [-0.2, 0) is 0 Å². The van der Waals surface area contributed by atoms with Gasteiger partial charge in [0.25, 0.3) is 5.56 Å². The predicted octanol–water partition coefficient (Wildman–Crippen LogP) is 1.11. The number of H-pyrrole nitrogens is 1. The molecule has 0 saturated heterocycles. The maximum absolute atomic E-state index is 11.3. The summed E-state index contributed by atoms with van der Waals surface area (Å²) in [6.07, 6.45) is 5.09. The molecule has 0 saturated carbocycles. The Balaban J connectivity index is 3.01. The van der Waals surface area contributed by atoms with Crippen molar-refractivity contribution in [3.63, 3.8) is 0 Å². The third-order valence-electron chi connectivity index (χ3n) is 1.67. The summed E-state index contributed by atoms with van der Waals surface area (Å²) in [7, 11) is 0. The van der Waals surface area contributed by atoms with E-state index in [2.05, 4.69) is 15.9 Å². The van der Waals surface area contributed by atoms with Crippen LogP contribution in [0.1, 0.15) is 11.3 Å². The lowest BCUT2D eigenvalue weighted by Crippen LogP contribution is -2.14. The smallest absolute Gasteiger partial charge is 0.254 e. The van der Waals surface area contributed by atoms with Gasteiger partial charge in [-0.25, -0.2) is 4.98 Å². The summed E-state index contributed by atoms with van der Waals surface area (Å²) in [5.74, 6) is 2.99. The maximum atomic E-state index is 11.3. The van der Waals surface area contributed by atoms with E-state index in [1.165, 1.54) is 11.8 Å². The number of terminal acetylenes is 1. The van der Waals surface area contributed by atoms with Crippen LogP contribution >= 0.6 is 11.8 Å². The van der Waals surface area contributed by atoms with Crippen LogP contribution in [0.3, 0.4) is 0 Å². The van der Waals surface area contributed by atoms with Gasteiger partial charge in [-0.2, -0.15) is 0 Å². The molecule has 0 radical (unpaired) electrons. The maximum Gasteiger partial charge on any atom is 0.254 e. The van der Waals surface area contributed by atoms with Gasteiger partial charge < -0.3 is 4.98 Å². The lowest BCUT2D eigenvalue weighted by atomic mass is 10.3. The minimum atomic E-state index is -0.0907. The standard InChI is InChI=1S/C9H10N2OS/c1-4-5-13-9-10-7(3)6(2)8(12)11-9/h1H,5H2,2-3H3,(H,10,11,12). The van der Waals surface area contributed by atoms with E-state index >= 15 is 0 Å². The van der Waals surface area contributed by atoms with Crippen molar-refractivity contribution in [3.05, 3.63) is 21.6 Å². The van der Waals surface area contributed by atoms with E-state index in [-0.39, 0.29) is 5.56 Å². The molecule has 0 aromatic carbocycles. The van der Waals surface area contributed by atoms with E-state index in [1.807, 2.05) is 6.92 Å². The number of nitrogens with one attached hydrogen (secondary N) is 1. The normalized spacial score (nSPS) is 9.62. The highest BCUT2D eigenvalue weighted by molar-refractivity contribution is 7.99. The van der Waals surface area contributed by atoms with Crippen molar-refractivity contribution in [1.82, 2.24) is 9.97 Å². The Bertz CT molecular complexity index is 403. The third-order valence-corrected chi connectivity index (χ3v) is 2.44. The topological polar surface area (TPSA) is 45.8 Å². The second kappa shape index (κ2) is 4.15. The summed E-state index contributed by atoms with van der Waals surface area (Å²) < 4.78 is 0. The molecule has 1 aromatic heterocycles. The highest BCUT2D eigenvalue weighted by atomic mass is 32.2. The number of rotatable bonds is 2. The van der Waals surface area contributed by atoms with Crippen molar-refractivity contribution in [3.8, 4) is 12.3 Å². The number of hydrogen-bond acceptors (Lipinski definition) is 3. The van der Waals surface area contributed by atoms with E-state index in [9.17, 15) is 4.79 Å². The molecule has 4 heteroatoms. The van der Waals surface area contributed by atoms with Gasteiger partial charge in [-0.1, -0.05) is 17.7 Å². The number of aryl methyl sites for hydroxylation is 1. The molecule has 1 heterocycles. The Hall–Kier alpha value is -1.21. The van der Waals surface area contributed by atoms with Gasteiger partial charge >= 0.3 is 0 Å². The van der Waals surface area contributed by atoms with Crippen LogP contribution in [0, 0.1) is 26.2 Å². The molecular weight excluding hydrogens is 184 g/mol. The number of hydrogen-bond donors (Lipinski definition) is 1. The molecule has 0 amide bonds. The first-order chi connectivity index (χ1) is 6.15. The second-order valence-electron chi connectivity index (χ2n) is 2.57. The van der Waals surface area contributed by atoms with E-state index in [1.54, 1.807) is 6.92 Å². The van der Waals surface area contributed by atoms with Gasteiger partial charge in [0.2, 0.25) is 0 Å². The van der Waals surface area contributed by atoms with Crippen molar-refractivity contribution in [2.24, 2.45) is 0 Å². The van der Waals surface area contributed by atoms with Crippen LogP contribution in [0.5, 0.6) is 0 Å². The first kappa shape index (κ1) is 9.87. The summed E-state index contributed by atoms with van der Waals surface area (Å²) in [5.41, 5.74) is 1.32. The van der Waals surface area contributed by atoms with Gasteiger partial charge in [-0.05, 0) is 13.8 Å². The molecule has 0 atom stereocenters. The molecule has 1 rings (SSSR count). The average molecular weight is 194 g/mol. The molecule has 0 spiro atoms. The van der Waals surface area contributed by atoms with Gasteiger partial charge in [-0.15, -0.1) is 6.42 Å². The van der Waals surface area contributed by atoms with Crippen LogP contribution < -0.4 is 5.56 Å². The van der Waals surface area contributed by atoms with Crippen LogP contribution in [-0.4, -0.2) is 15.7 Å². The Labute approximate surface area is 81.0 Å². The fourth-order valence-corrected chi connectivity index (χ4v) is 1.38. The molecule has 0 aliphatic heterocycles. The molecule has 0 bridgehead atoms. The van der Waals surface area contributed by atoms with Crippen LogP contribution in [0.2, 0.25) is 0 Å². The molecule has 1 N–H and O–H groups in total. The zero-order valence-electron chi connectivity index (χ0n) is 7.55. The monoisotopic (exact) mass is 194 g/mol. The lowest BCUT2D eigenvalue weighted by Gasteiger charge is -2.00. The van der Waals surface area contributed by atoms with Gasteiger partial charge in [0.15, 0.2) is 5.16 Å². The summed E-state index contributed by atoms with van der Waals surface area (Å²) in [5, 5.41) is 0.589. The molecule has 3 nitrogen and oxygen atoms in total. The number of aromatic amines is 1. The van der Waals surface area contributed by atoms with Gasteiger partial charge in [0, 0.05) is 11.3 Å². The minimum Gasteiger partial charge on any atom is -0.301 e. The van der Waals surface area contributed by atoms with Gasteiger partial charge in [0.05, 0.1) is 5.75 Å². The third kappa shape index (κ3) is 2.36. The highest BCUT2D eigenvalue weighted by Gasteiger charge is 2.02. The van der Waals surface area contributed by atoms with Crippen molar-refractivity contribution in [1.29, 1.82) is 0 Å². The Kier molecular flexibility index (Phi) is 3.15. The molecule has 1 aromatic rings. The first-order valence-corrected chi connectivity index (χ1v) is 4.77. The van der Waals surface area contributed by atoms with Crippen LogP contribution in [0.25, 0.3) is 0 Å². The molecule has 0 unspecified atom stereocenters. The second-order valence-corrected chi connectivity index (χ2v) is 3.54. The predicted molar refractivity (Wildman–Crippen MR) is 53.9 cm³/mol. The largest absolute Gasteiger partial charge is 0.301 e. The van der Waals surface area contributed by atoms with Gasteiger partial charge in [0.1, 0.15) is 0 Å². The number of thioether (sulfide) groups is 1. The Morgan fingerprint density at radius 3 is 2.85 bits per heavy atom. The zero-order chi connectivity index (χ0) is 9.84. The highest BCUT2D eigenvalue weighted by Crippen LogP contribution is 2.10. The van der Waals surface area contributed by atoms with Crippen LogP contribution in [0.15, 0.2) is 9.95 Å². The Morgan fingerprint density at radius 1 is 1.62 bits per heavy atom. The summed E-state index contributed by atoms with van der Waals surface area (Å²) in [6, 6.07) is 0. The molecule has 0 aliphatic rings.